The van der Waals surface area contributed by atoms with Crippen molar-refractivity contribution in [1.29, 1.82) is 5.41 Å². The Bertz CT molecular complexity index is 1130. The van der Waals surface area contributed by atoms with E-state index < -0.39 is 12.0 Å². The number of fused-ring (bicyclic) bond motifs is 1. The maximum atomic E-state index is 13.0. The van der Waals surface area contributed by atoms with E-state index in [4.69, 9.17) is 35.2 Å². The highest BCUT2D eigenvalue weighted by Crippen LogP contribution is 2.42. The summed E-state index contributed by atoms with van der Waals surface area (Å²) in [6, 6.07) is 7.14. The molecule has 0 aromatic heterocycles. The number of nitrogens with two attached hydrogens (primary N) is 1. The molecule has 0 saturated carbocycles. The number of hydrogen-bond donors (Lipinski definition) is 4. The number of carboxylic acid groups (broad SMARTS) is 1. The summed E-state index contributed by atoms with van der Waals surface area (Å²) < 4.78 is 21.4. The summed E-state index contributed by atoms with van der Waals surface area (Å²) in [4.78, 5) is 24.0. The van der Waals surface area contributed by atoms with Crippen LogP contribution in [0.5, 0.6) is 23.0 Å². The second kappa shape index (κ2) is 10.0. The molecular weight excluding hydrogens is 430 g/mol. The van der Waals surface area contributed by atoms with E-state index in [-0.39, 0.29) is 24.8 Å². The van der Waals surface area contributed by atoms with E-state index in [1.54, 1.807) is 43.3 Å². The van der Waals surface area contributed by atoms with Crippen LogP contribution in [0.4, 0.5) is 5.69 Å². The van der Waals surface area contributed by atoms with E-state index in [0.29, 0.717) is 45.4 Å². The van der Waals surface area contributed by atoms with Gasteiger partial charge in [-0.25, -0.2) is 0 Å². The fourth-order valence-corrected chi connectivity index (χ4v) is 3.24. The number of rotatable bonds is 9. The summed E-state index contributed by atoms with van der Waals surface area (Å²) in [7, 11) is 2.96. The van der Waals surface area contributed by atoms with Crippen LogP contribution in [-0.4, -0.2) is 49.7 Å². The average molecular weight is 455 g/mol. The molecule has 0 fully saturated rings. The van der Waals surface area contributed by atoms with Crippen LogP contribution in [-0.2, 0) is 4.79 Å². The number of Topliss-reactive ketones (excluding diaryl/α,β-unsaturated/α-hetero) is 1. The number of carbonyl (C=O) groups is 2. The minimum atomic E-state index is -1.20. The maximum absolute atomic E-state index is 13.0. The molecule has 10 nitrogen and oxygen atoms in total. The molecule has 1 unspecified atom stereocenters. The van der Waals surface area contributed by atoms with E-state index in [0.717, 1.165) is 0 Å². The molecule has 0 bridgehead atoms. The van der Waals surface area contributed by atoms with Gasteiger partial charge in [0.1, 0.15) is 11.8 Å². The second-order valence-electron chi connectivity index (χ2n) is 7.28. The molecule has 1 heterocycles. The van der Waals surface area contributed by atoms with Gasteiger partial charge in [-0.2, -0.15) is 0 Å². The van der Waals surface area contributed by atoms with Crippen LogP contribution in [0.15, 0.2) is 35.9 Å². The Morgan fingerprint density at radius 1 is 1.21 bits per heavy atom. The Balaban J connectivity index is 1.84. The van der Waals surface area contributed by atoms with E-state index >= 15 is 0 Å². The molecule has 174 valence electrons. The van der Waals surface area contributed by atoms with Crippen molar-refractivity contribution in [2.75, 3.05) is 26.3 Å². The van der Waals surface area contributed by atoms with Gasteiger partial charge in [0, 0.05) is 12.0 Å². The summed E-state index contributed by atoms with van der Waals surface area (Å²) in [5.41, 5.74) is 7.46. The van der Waals surface area contributed by atoms with Crippen molar-refractivity contribution in [3.63, 3.8) is 0 Å². The molecule has 0 saturated heterocycles. The number of carbonyl (C=O) groups excluding carboxylic acids is 1. The number of aliphatic carboxylic acids is 1. The van der Waals surface area contributed by atoms with Crippen LogP contribution in [0, 0.1) is 5.41 Å². The van der Waals surface area contributed by atoms with E-state index in [1.165, 1.54) is 14.2 Å². The fourth-order valence-electron chi connectivity index (χ4n) is 3.24. The van der Waals surface area contributed by atoms with Crippen molar-refractivity contribution in [3.8, 4) is 23.0 Å². The molecule has 2 aromatic rings. The van der Waals surface area contributed by atoms with Gasteiger partial charge in [-0.3, -0.25) is 15.0 Å². The van der Waals surface area contributed by atoms with Crippen molar-refractivity contribution in [2.24, 2.45) is 5.73 Å². The van der Waals surface area contributed by atoms with Crippen LogP contribution in [0.3, 0.4) is 0 Å². The molecule has 0 aliphatic carbocycles. The first-order valence-corrected chi connectivity index (χ1v) is 9.95. The molecule has 1 atom stereocenters. The average Bonchev–Trinajstić information content (AvgIpc) is 3.26. The first-order valence-electron chi connectivity index (χ1n) is 9.95. The molecule has 2 aromatic carbocycles. The van der Waals surface area contributed by atoms with Crippen LogP contribution in [0.1, 0.15) is 29.3 Å². The van der Waals surface area contributed by atoms with Crippen molar-refractivity contribution < 1.29 is 33.6 Å². The number of carboxylic acids is 1. The molecule has 10 heteroatoms. The lowest BCUT2D eigenvalue weighted by Gasteiger charge is -2.14. The third kappa shape index (κ3) is 5.42. The number of methoxy groups -OCH3 is 2. The Labute approximate surface area is 190 Å². The number of benzene rings is 2. The highest BCUT2D eigenvalue weighted by Gasteiger charge is 2.23. The zero-order valence-corrected chi connectivity index (χ0v) is 18.4. The smallest absolute Gasteiger partial charge is 0.320 e. The molecule has 0 spiro atoms. The third-order valence-electron chi connectivity index (χ3n) is 4.91. The van der Waals surface area contributed by atoms with Gasteiger partial charge in [0.2, 0.25) is 12.5 Å². The van der Waals surface area contributed by atoms with Gasteiger partial charge in [0.05, 0.1) is 25.7 Å². The Morgan fingerprint density at radius 2 is 1.94 bits per heavy atom. The lowest BCUT2D eigenvalue weighted by Crippen LogP contribution is -2.34. The fraction of sp³-hybridized carbons (Fsp3) is 0.261. The topological polar surface area (TPSA) is 153 Å². The summed E-state index contributed by atoms with van der Waals surface area (Å²) in [6.07, 6.45) is 1.51. The van der Waals surface area contributed by atoms with Gasteiger partial charge in [-0.1, -0.05) is 6.07 Å². The molecular formula is C23H25N3O7. The number of allylic oxidation sites excluding steroid dienone is 1. The predicted molar refractivity (Wildman–Crippen MR) is 122 cm³/mol. The highest BCUT2D eigenvalue weighted by molar-refractivity contribution is 6.11. The van der Waals surface area contributed by atoms with Crippen molar-refractivity contribution in [3.05, 3.63) is 47.0 Å². The van der Waals surface area contributed by atoms with Gasteiger partial charge in [-0.05, 0) is 48.4 Å². The van der Waals surface area contributed by atoms with Crippen molar-refractivity contribution >= 4 is 29.4 Å². The van der Waals surface area contributed by atoms with Gasteiger partial charge in [-0.15, -0.1) is 0 Å². The van der Waals surface area contributed by atoms with Crippen LogP contribution < -0.4 is 30.0 Å². The molecule has 1 aliphatic heterocycles. The highest BCUT2D eigenvalue weighted by atomic mass is 16.7. The van der Waals surface area contributed by atoms with Gasteiger partial charge < -0.3 is 35.1 Å². The second-order valence-corrected chi connectivity index (χ2v) is 7.28. The summed E-state index contributed by atoms with van der Waals surface area (Å²) >= 11 is 0. The number of amidine groups is 1. The van der Waals surface area contributed by atoms with E-state index in [9.17, 15) is 9.59 Å². The summed E-state index contributed by atoms with van der Waals surface area (Å²) in [5.74, 6) is 0.271. The SMILES string of the molecule is COc1ccc(C=C(C)C(=O)c2cc(OC)c3c(c2)OCO3)cc1NC(=N)CC(N)C(=O)O. The van der Waals surface area contributed by atoms with Crippen molar-refractivity contribution in [2.45, 2.75) is 19.4 Å². The molecule has 3 rings (SSSR count). The molecule has 1 aliphatic rings. The van der Waals surface area contributed by atoms with Crippen LogP contribution in [0.2, 0.25) is 0 Å². The molecule has 5 N–H and O–H groups in total. The molecule has 0 radical (unpaired) electrons. The van der Waals surface area contributed by atoms with Gasteiger partial charge in [0.15, 0.2) is 17.3 Å². The first-order chi connectivity index (χ1) is 15.7. The summed E-state index contributed by atoms with van der Waals surface area (Å²) in [5, 5.41) is 19.8. The quantitative estimate of drug-likeness (QED) is 0.193. The van der Waals surface area contributed by atoms with Crippen molar-refractivity contribution in [1.82, 2.24) is 0 Å². The number of hydrogen-bond acceptors (Lipinski definition) is 8. The zero-order valence-electron chi connectivity index (χ0n) is 18.4. The van der Waals surface area contributed by atoms with Gasteiger partial charge in [0.25, 0.3) is 0 Å². The lowest BCUT2D eigenvalue weighted by molar-refractivity contribution is -0.138. The minimum Gasteiger partial charge on any atom is -0.495 e. The van der Waals surface area contributed by atoms with Crippen LogP contribution in [0.25, 0.3) is 6.08 Å². The predicted octanol–water partition coefficient (Wildman–Crippen LogP) is 2.91. The number of anilines is 1. The number of nitrogens with one attached hydrogen (secondary N) is 2. The Hall–Kier alpha value is -4.05. The number of ether oxygens (including phenoxy) is 4. The largest absolute Gasteiger partial charge is 0.495 e. The first kappa shape index (κ1) is 23.6. The number of ketones is 1. The normalized spacial score (nSPS) is 13.3. The Morgan fingerprint density at radius 3 is 2.61 bits per heavy atom. The van der Waals surface area contributed by atoms with Crippen LogP contribution >= 0.6 is 0 Å². The van der Waals surface area contributed by atoms with Gasteiger partial charge >= 0.3 is 5.97 Å². The molecule has 0 amide bonds. The maximum Gasteiger partial charge on any atom is 0.320 e. The minimum absolute atomic E-state index is 0.0617. The molecule has 33 heavy (non-hydrogen) atoms. The standard InChI is InChI=1S/C23H25N3O7/c1-12(21(27)14-8-18(31-3)22-19(9-14)32-11-33-22)6-13-4-5-17(30-2)16(7-13)26-20(25)10-15(24)23(28)29/h4-9,15H,10-11,24H2,1-3H3,(H2,25,26)(H,28,29). The third-order valence-corrected chi connectivity index (χ3v) is 4.91. The summed E-state index contributed by atoms with van der Waals surface area (Å²) in [6.45, 7) is 1.75. The monoisotopic (exact) mass is 455 g/mol. The van der Waals surface area contributed by atoms with E-state index in [2.05, 4.69) is 5.32 Å². The Kier molecular flexibility index (Phi) is 7.19. The lowest BCUT2D eigenvalue weighted by atomic mass is 10.0. The zero-order chi connectivity index (χ0) is 24.1. The van der Waals surface area contributed by atoms with E-state index in [1.807, 2.05) is 0 Å².